The van der Waals surface area contributed by atoms with Gasteiger partial charge in [0.1, 0.15) is 0 Å². The summed E-state index contributed by atoms with van der Waals surface area (Å²) < 4.78 is 1.52. The molecule has 0 saturated heterocycles. The Morgan fingerprint density at radius 2 is 1.93 bits per heavy atom. The highest BCUT2D eigenvalue weighted by molar-refractivity contribution is 7.99. The highest BCUT2D eigenvalue weighted by Crippen LogP contribution is 2.23. The lowest BCUT2D eigenvalue weighted by atomic mass is 10.1. The molecule has 3 rings (SSSR count). The van der Waals surface area contributed by atoms with E-state index in [0.717, 1.165) is 17.3 Å². The van der Waals surface area contributed by atoms with Gasteiger partial charge in [-0.3, -0.25) is 19.5 Å². The van der Waals surface area contributed by atoms with E-state index in [1.807, 2.05) is 6.07 Å². The molecular weight excluding hydrogens is 447 g/mol. The molecule has 3 amide bonds. The van der Waals surface area contributed by atoms with Crippen molar-refractivity contribution in [1.82, 2.24) is 20.2 Å². The summed E-state index contributed by atoms with van der Waals surface area (Å²) in [5.41, 5.74) is 1.17. The van der Waals surface area contributed by atoms with Crippen LogP contribution in [0.1, 0.15) is 5.56 Å². The van der Waals surface area contributed by atoms with Crippen molar-refractivity contribution < 1.29 is 9.59 Å². The number of carbonyl (C=O) groups is 2. The summed E-state index contributed by atoms with van der Waals surface area (Å²) in [5.74, 6) is -0.561. The first kappa shape index (κ1) is 22.1. The van der Waals surface area contributed by atoms with E-state index >= 15 is 0 Å². The van der Waals surface area contributed by atoms with Gasteiger partial charge < -0.3 is 5.32 Å². The van der Waals surface area contributed by atoms with Gasteiger partial charge in [0.05, 0.1) is 16.7 Å². The molecule has 0 atom stereocenters. The Morgan fingerprint density at radius 3 is 2.67 bits per heavy atom. The summed E-state index contributed by atoms with van der Waals surface area (Å²) in [7, 11) is 1.42. The van der Waals surface area contributed by atoms with Crippen molar-refractivity contribution in [3.8, 4) is 0 Å². The number of nitrogens with one attached hydrogen (secondary N) is 2. The zero-order valence-corrected chi connectivity index (χ0v) is 18.3. The standard InChI is InChI=1S/C20H18Cl2N4O3S/c1-23-19(29)25-17(27)11-30-20-24-16-5-3-2-4-14(16)18(28)26(20)9-8-12-6-7-13(21)10-15(12)22/h2-7,10H,8-9,11H2,1H3,(H2,23,25,27,29). The van der Waals surface area contributed by atoms with Gasteiger partial charge in [-0.15, -0.1) is 0 Å². The van der Waals surface area contributed by atoms with Crippen LogP contribution in [0.4, 0.5) is 4.79 Å². The number of urea groups is 1. The molecule has 2 aromatic carbocycles. The van der Waals surface area contributed by atoms with Crippen molar-refractivity contribution in [2.45, 2.75) is 18.1 Å². The van der Waals surface area contributed by atoms with Gasteiger partial charge >= 0.3 is 6.03 Å². The lowest BCUT2D eigenvalue weighted by Gasteiger charge is -2.13. The van der Waals surface area contributed by atoms with E-state index in [9.17, 15) is 14.4 Å². The fraction of sp³-hybridized carbons (Fsp3) is 0.200. The topological polar surface area (TPSA) is 93.1 Å². The van der Waals surface area contributed by atoms with Crippen LogP contribution in [-0.2, 0) is 17.8 Å². The number of carbonyl (C=O) groups excluding carboxylic acids is 2. The fourth-order valence-corrected chi connectivity index (χ4v) is 4.10. The molecule has 0 bridgehead atoms. The van der Waals surface area contributed by atoms with E-state index in [1.165, 1.54) is 11.6 Å². The fourth-order valence-electron chi connectivity index (χ4n) is 2.77. The summed E-state index contributed by atoms with van der Waals surface area (Å²) in [4.78, 5) is 40.9. The van der Waals surface area contributed by atoms with Crippen LogP contribution in [0.5, 0.6) is 0 Å². The molecule has 156 valence electrons. The minimum absolute atomic E-state index is 0.0695. The van der Waals surface area contributed by atoms with Crippen molar-refractivity contribution in [3.63, 3.8) is 0 Å². The number of imide groups is 1. The molecule has 0 fully saturated rings. The number of rotatable bonds is 6. The van der Waals surface area contributed by atoms with Gasteiger partial charge in [-0.05, 0) is 36.2 Å². The van der Waals surface area contributed by atoms with E-state index in [0.29, 0.717) is 39.1 Å². The smallest absolute Gasteiger partial charge is 0.321 e. The first-order valence-corrected chi connectivity index (χ1v) is 10.7. The molecule has 3 aromatic rings. The quantitative estimate of drug-likeness (QED) is 0.430. The van der Waals surface area contributed by atoms with E-state index in [1.54, 1.807) is 36.4 Å². The Bertz CT molecular complexity index is 1170. The van der Waals surface area contributed by atoms with Gasteiger partial charge in [-0.1, -0.05) is 53.2 Å². The molecule has 7 nitrogen and oxygen atoms in total. The number of halogens is 2. The number of hydrogen-bond donors (Lipinski definition) is 2. The van der Waals surface area contributed by atoms with Crippen molar-refractivity contribution in [2.75, 3.05) is 12.8 Å². The predicted octanol–water partition coefficient (Wildman–Crippen LogP) is 3.49. The molecule has 1 aromatic heterocycles. The van der Waals surface area contributed by atoms with Gasteiger partial charge in [-0.25, -0.2) is 9.78 Å². The zero-order chi connectivity index (χ0) is 21.7. The number of thioether (sulfide) groups is 1. The maximum absolute atomic E-state index is 13.1. The number of fused-ring (bicyclic) bond motifs is 1. The molecule has 0 aliphatic rings. The minimum Gasteiger partial charge on any atom is -0.341 e. The molecule has 30 heavy (non-hydrogen) atoms. The van der Waals surface area contributed by atoms with Crippen molar-refractivity contribution in [1.29, 1.82) is 0 Å². The largest absolute Gasteiger partial charge is 0.341 e. The summed E-state index contributed by atoms with van der Waals surface area (Å²) in [6.07, 6.45) is 0.480. The summed E-state index contributed by atoms with van der Waals surface area (Å²) in [6, 6.07) is 11.6. The van der Waals surface area contributed by atoms with Gasteiger partial charge in [0.25, 0.3) is 5.56 Å². The van der Waals surface area contributed by atoms with Crippen LogP contribution in [0.3, 0.4) is 0 Å². The van der Waals surface area contributed by atoms with Crippen molar-refractivity contribution in [2.24, 2.45) is 0 Å². The predicted molar refractivity (Wildman–Crippen MR) is 119 cm³/mol. The number of benzene rings is 2. The first-order valence-electron chi connectivity index (χ1n) is 8.97. The molecule has 1 heterocycles. The van der Waals surface area contributed by atoms with Gasteiger partial charge in [0.2, 0.25) is 5.91 Å². The SMILES string of the molecule is CNC(=O)NC(=O)CSc1nc2ccccc2c(=O)n1CCc1ccc(Cl)cc1Cl. The maximum Gasteiger partial charge on any atom is 0.321 e. The van der Waals surface area contributed by atoms with Crippen LogP contribution in [0.2, 0.25) is 10.0 Å². The van der Waals surface area contributed by atoms with E-state index in [2.05, 4.69) is 15.6 Å². The molecular formula is C20H18Cl2N4O3S. The molecule has 0 unspecified atom stereocenters. The Labute approximate surface area is 186 Å². The second kappa shape index (κ2) is 9.97. The van der Waals surface area contributed by atoms with Crippen LogP contribution >= 0.6 is 35.0 Å². The Balaban J connectivity index is 1.89. The molecule has 0 aliphatic heterocycles. The van der Waals surface area contributed by atoms with E-state index in [4.69, 9.17) is 23.2 Å². The van der Waals surface area contributed by atoms with Crippen LogP contribution in [-0.4, -0.2) is 34.3 Å². The second-order valence-corrected chi connectivity index (χ2v) is 8.06. The minimum atomic E-state index is -0.596. The van der Waals surface area contributed by atoms with Gasteiger partial charge in [-0.2, -0.15) is 0 Å². The average Bonchev–Trinajstić information content (AvgIpc) is 2.72. The Morgan fingerprint density at radius 1 is 1.17 bits per heavy atom. The normalized spacial score (nSPS) is 10.8. The second-order valence-electron chi connectivity index (χ2n) is 6.27. The van der Waals surface area contributed by atoms with Crippen molar-refractivity contribution in [3.05, 3.63) is 68.4 Å². The van der Waals surface area contributed by atoms with Gasteiger partial charge in [0.15, 0.2) is 5.16 Å². The highest BCUT2D eigenvalue weighted by Gasteiger charge is 2.15. The number of aromatic nitrogens is 2. The monoisotopic (exact) mass is 464 g/mol. The molecule has 0 radical (unpaired) electrons. The number of amides is 3. The van der Waals surface area contributed by atoms with Crippen LogP contribution < -0.4 is 16.2 Å². The number of hydrogen-bond acceptors (Lipinski definition) is 5. The first-order chi connectivity index (χ1) is 14.4. The third-order valence-corrected chi connectivity index (χ3v) is 5.82. The summed E-state index contributed by atoms with van der Waals surface area (Å²) >= 11 is 13.3. The molecule has 0 aliphatic carbocycles. The molecule has 2 N–H and O–H groups in total. The lowest BCUT2D eigenvalue weighted by molar-refractivity contribution is -0.117. The summed E-state index contributed by atoms with van der Waals surface area (Å²) in [6.45, 7) is 0.317. The third-order valence-electron chi connectivity index (χ3n) is 4.26. The number of aryl methyl sites for hydroxylation is 1. The lowest BCUT2D eigenvalue weighted by Crippen LogP contribution is -2.38. The molecule has 10 heteroatoms. The third kappa shape index (κ3) is 5.33. The molecule has 0 spiro atoms. The van der Waals surface area contributed by atoms with Gasteiger partial charge in [0, 0.05) is 23.6 Å². The Kier molecular flexibility index (Phi) is 7.36. The van der Waals surface area contributed by atoms with Crippen LogP contribution in [0, 0.1) is 0 Å². The van der Waals surface area contributed by atoms with Crippen LogP contribution in [0.25, 0.3) is 10.9 Å². The number of para-hydroxylation sites is 1. The Hall–Kier alpha value is -2.55. The van der Waals surface area contributed by atoms with Crippen molar-refractivity contribution >= 4 is 57.8 Å². The van der Waals surface area contributed by atoms with Crippen LogP contribution in [0.15, 0.2) is 52.4 Å². The molecule has 0 saturated carbocycles. The van der Waals surface area contributed by atoms with E-state index in [-0.39, 0.29) is 11.3 Å². The van der Waals surface area contributed by atoms with E-state index < -0.39 is 11.9 Å². The highest BCUT2D eigenvalue weighted by atomic mass is 35.5. The maximum atomic E-state index is 13.1. The average molecular weight is 465 g/mol. The number of nitrogens with zero attached hydrogens (tertiary/aromatic N) is 2. The zero-order valence-electron chi connectivity index (χ0n) is 15.9. The summed E-state index contributed by atoms with van der Waals surface area (Å²) in [5, 5.41) is 6.42.